The van der Waals surface area contributed by atoms with Crippen LogP contribution in [0, 0.1) is 0 Å². The number of hydrogen-bond acceptors (Lipinski definition) is 3. The van der Waals surface area contributed by atoms with Crippen molar-refractivity contribution in [3.05, 3.63) is 94.5 Å². The first-order valence-corrected chi connectivity index (χ1v) is 9.95. The predicted molar refractivity (Wildman–Crippen MR) is 110 cm³/mol. The zero-order valence-corrected chi connectivity index (χ0v) is 16.1. The second-order valence-electron chi connectivity index (χ2n) is 7.29. The topological polar surface area (TPSA) is 29.0 Å². The van der Waals surface area contributed by atoms with Gasteiger partial charge in [0.15, 0.2) is 0 Å². The Bertz CT molecular complexity index is 864. The lowest BCUT2D eigenvalue weighted by atomic mass is 9.93. The van der Waals surface area contributed by atoms with E-state index in [0.717, 1.165) is 36.8 Å². The number of nitrogens with zero attached hydrogens (tertiary/aromatic N) is 3. The van der Waals surface area contributed by atoms with Gasteiger partial charge < -0.3 is 0 Å². The van der Waals surface area contributed by atoms with Crippen LogP contribution in [0.2, 0.25) is 5.02 Å². The third-order valence-corrected chi connectivity index (χ3v) is 5.43. The van der Waals surface area contributed by atoms with Gasteiger partial charge in [-0.25, -0.2) is 0 Å². The fraction of sp³-hybridized carbons (Fsp3) is 0.304. The largest absolute Gasteiger partial charge is 0.298 e. The summed E-state index contributed by atoms with van der Waals surface area (Å²) in [4.78, 5) is 11.7. The summed E-state index contributed by atoms with van der Waals surface area (Å²) in [6.07, 6.45) is 7.07. The Morgan fingerprint density at radius 3 is 2.70 bits per heavy atom. The minimum Gasteiger partial charge on any atom is -0.298 e. The Morgan fingerprint density at radius 2 is 1.89 bits per heavy atom. The summed E-state index contributed by atoms with van der Waals surface area (Å²) in [5.41, 5.74) is 4.87. The van der Waals surface area contributed by atoms with E-state index in [2.05, 4.69) is 46.3 Å². The summed E-state index contributed by atoms with van der Waals surface area (Å²) >= 11 is 5.99. The van der Waals surface area contributed by atoms with Crippen LogP contribution < -0.4 is 0 Å². The van der Waals surface area contributed by atoms with Crippen LogP contribution in [0.15, 0.2) is 67.0 Å². The quantitative estimate of drug-likeness (QED) is 0.619. The highest BCUT2D eigenvalue weighted by Gasteiger charge is 2.22. The lowest BCUT2D eigenvalue weighted by Gasteiger charge is -2.32. The van der Waals surface area contributed by atoms with Crippen molar-refractivity contribution in [2.75, 3.05) is 13.1 Å². The Balaban J connectivity index is 1.43. The highest BCUT2D eigenvalue weighted by molar-refractivity contribution is 6.30. The zero-order valence-electron chi connectivity index (χ0n) is 15.4. The van der Waals surface area contributed by atoms with E-state index in [1.165, 1.54) is 29.7 Å². The fourth-order valence-electron chi connectivity index (χ4n) is 3.83. The van der Waals surface area contributed by atoms with Crippen molar-refractivity contribution in [3.63, 3.8) is 0 Å². The van der Waals surface area contributed by atoms with Gasteiger partial charge in [-0.1, -0.05) is 35.9 Å². The van der Waals surface area contributed by atoms with Crippen molar-refractivity contribution in [1.82, 2.24) is 14.9 Å². The summed E-state index contributed by atoms with van der Waals surface area (Å²) in [6.45, 7) is 3.18. The van der Waals surface area contributed by atoms with E-state index in [0.29, 0.717) is 5.92 Å². The molecule has 0 amide bonds. The second-order valence-corrected chi connectivity index (χ2v) is 7.73. The van der Waals surface area contributed by atoms with Crippen LogP contribution >= 0.6 is 11.6 Å². The molecule has 1 aliphatic rings. The van der Waals surface area contributed by atoms with E-state index < -0.39 is 0 Å². The first kappa shape index (κ1) is 18.1. The molecule has 4 rings (SSSR count). The molecule has 1 aromatic carbocycles. The van der Waals surface area contributed by atoms with E-state index in [-0.39, 0.29) is 0 Å². The predicted octanol–water partition coefficient (Wildman–Crippen LogP) is 5.10. The van der Waals surface area contributed by atoms with Gasteiger partial charge in [0, 0.05) is 54.2 Å². The van der Waals surface area contributed by atoms with Gasteiger partial charge in [-0.3, -0.25) is 14.9 Å². The Labute approximate surface area is 166 Å². The molecule has 4 heteroatoms. The molecule has 0 N–H and O–H groups in total. The molecule has 0 bridgehead atoms. The first-order chi connectivity index (χ1) is 13.3. The van der Waals surface area contributed by atoms with Crippen LogP contribution in [0.3, 0.4) is 0 Å². The van der Waals surface area contributed by atoms with Crippen LogP contribution in [0.1, 0.15) is 41.3 Å². The molecule has 3 nitrogen and oxygen atoms in total. The van der Waals surface area contributed by atoms with Crippen molar-refractivity contribution < 1.29 is 0 Å². The molecule has 1 unspecified atom stereocenters. The van der Waals surface area contributed by atoms with Crippen LogP contribution in [0.5, 0.6) is 0 Å². The van der Waals surface area contributed by atoms with Gasteiger partial charge in [-0.2, -0.15) is 0 Å². The van der Waals surface area contributed by atoms with E-state index in [1.807, 2.05) is 30.6 Å². The molecule has 1 atom stereocenters. The SMILES string of the molecule is Clc1ccc(Cc2cccc(C3CCCN(Cc4cccnc4)C3)n2)cc1. The lowest BCUT2D eigenvalue weighted by Crippen LogP contribution is -2.34. The Morgan fingerprint density at radius 1 is 1.00 bits per heavy atom. The van der Waals surface area contributed by atoms with Gasteiger partial charge in [0.1, 0.15) is 0 Å². The van der Waals surface area contributed by atoms with Crippen molar-refractivity contribution in [2.45, 2.75) is 31.7 Å². The molecule has 0 saturated carbocycles. The number of likely N-dealkylation sites (tertiary alicyclic amines) is 1. The van der Waals surface area contributed by atoms with E-state index in [1.54, 1.807) is 0 Å². The van der Waals surface area contributed by atoms with Crippen LogP contribution in [0.25, 0.3) is 0 Å². The van der Waals surface area contributed by atoms with Crippen molar-refractivity contribution in [1.29, 1.82) is 0 Å². The number of piperidine rings is 1. The Hall–Kier alpha value is -2.23. The molecule has 0 aliphatic carbocycles. The maximum Gasteiger partial charge on any atom is 0.0450 e. The standard InChI is InChI=1S/C23H24ClN3/c24-21-10-8-18(9-11-21)14-22-6-1-7-23(26-22)20-5-3-13-27(17-20)16-19-4-2-12-25-15-19/h1-2,4,6-12,15,20H,3,5,13-14,16-17H2. The fourth-order valence-corrected chi connectivity index (χ4v) is 3.95. The monoisotopic (exact) mass is 377 g/mol. The number of benzene rings is 1. The molecule has 0 radical (unpaired) electrons. The summed E-state index contributed by atoms with van der Waals surface area (Å²) in [7, 11) is 0. The molecule has 3 heterocycles. The highest BCUT2D eigenvalue weighted by atomic mass is 35.5. The maximum absolute atomic E-state index is 5.99. The van der Waals surface area contributed by atoms with Crippen LogP contribution in [-0.2, 0) is 13.0 Å². The second kappa shape index (κ2) is 8.64. The molecule has 1 saturated heterocycles. The van der Waals surface area contributed by atoms with Gasteiger partial charge in [0.25, 0.3) is 0 Å². The number of pyridine rings is 2. The third kappa shape index (κ3) is 4.94. The molecule has 1 aliphatic heterocycles. The first-order valence-electron chi connectivity index (χ1n) is 9.58. The number of hydrogen-bond donors (Lipinski definition) is 0. The van der Waals surface area contributed by atoms with E-state index in [4.69, 9.17) is 16.6 Å². The summed E-state index contributed by atoms with van der Waals surface area (Å²) < 4.78 is 0. The van der Waals surface area contributed by atoms with Gasteiger partial charge in [-0.15, -0.1) is 0 Å². The molecule has 1 fully saturated rings. The average Bonchev–Trinajstić information content (AvgIpc) is 2.71. The van der Waals surface area contributed by atoms with Gasteiger partial charge >= 0.3 is 0 Å². The normalized spacial score (nSPS) is 17.7. The molecular weight excluding hydrogens is 354 g/mol. The number of aromatic nitrogens is 2. The average molecular weight is 378 g/mol. The lowest BCUT2D eigenvalue weighted by molar-refractivity contribution is 0.198. The Kier molecular flexibility index (Phi) is 5.81. The van der Waals surface area contributed by atoms with Crippen LogP contribution in [0.4, 0.5) is 0 Å². The highest BCUT2D eigenvalue weighted by Crippen LogP contribution is 2.27. The summed E-state index contributed by atoms with van der Waals surface area (Å²) in [6, 6.07) is 18.7. The third-order valence-electron chi connectivity index (χ3n) is 5.18. The molecular formula is C23H24ClN3. The smallest absolute Gasteiger partial charge is 0.0450 e. The molecule has 27 heavy (non-hydrogen) atoms. The summed E-state index contributed by atoms with van der Waals surface area (Å²) in [5.74, 6) is 0.501. The zero-order chi connectivity index (χ0) is 18.5. The summed E-state index contributed by atoms with van der Waals surface area (Å²) in [5, 5.41) is 0.774. The van der Waals surface area contributed by atoms with Gasteiger partial charge in [-0.05, 0) is 60.8 Å². The van der Waals surface area contributed by atoms with Crippen molar-refractivity contribution >= 4 is 11.6 Å². The molecule has 0 spiro atoms. The number of halogens is 1. The van der Waals surface area contributed by atoms with Crippen molar-refractivity contribution in [3.8, 4) is 0 Å². The number of rotatable bonds is 5. The van der Waals surface area contributed by atoms with Crippen molar-refractivity contribution in [2.24, 2.45) is 0 Å². The minimum atomic E-state index is 0.501. The maximum atomic E-state index is 5.99. The molecule has 3 aromatic rings. The van der Waals surface area contributed by atoms with Gasteiger partial charge in [0.05, 0.1) is 0 Å². The van der Waals surface area contributed by atoms with Crippen LogP contribution in [-0.4, -0.2) is 28.0 Å². The van der Waals surface area contributed by atoms with Gasteiger partial charge in [0.2, 0.25) is 0 Å². The minimum absolute atomic E-state index is 0.501. The van der Waals surface area contributed by atoms with E-state index >= 15 is 0 Å². The van der Waals surface area contributed by atoms with E-state index in [9.17, 15) is 0 Å². The molecule has 2 aromatic heterocycles. The molecule has 138 valence electrons.